The molecule has 1 aromatic heterocycles. The standard InChI is InChI=1S/C19H24N4O4/c1-22-10-8-20-17(22)19(25)23-13-15(27-14-6-4-3-5-7-14)12-16(23)18(24)21-9-11-26-2/h3-8,10,15-16H,9,11-13H2,1-2H3,(H,21,24)/t15-,16-/m0/s1. The molecule has 0 saturated carbocycles. The maximum Gasteiger partial charge on any atom is 0.290 e. The molecule has 0 bridgehead atoms. The van der Waals surface area contributed by atoms with Gasteiger partial charge in [-0.25, -0.2) is 4.98 Å². The predicted octanol–water partition coefficient (Wildman–Crippen LogP) is 0.845. The van der Waals surface area contributed by atoms with Gasteiger partial charge >= 0.3 is 0 Å². The van der Waals surface area contributed by atoms with Crippen molar-refractivity contribution in [3.8, 4) is 5.75 Å². The summed E-state index contributed by atoms with van der Waals surface area (Å²) in [6, 6.07) is 8.78. The number of ether oxygens (including phenoxy) is 2. The highest BCUT2D eigenvalue weighted by atomic mass is 16.5. The number of amides is 2. The van der Waals surface area contributed by atoms with Gasteiger partial charge in [0.25, 0.3) is 5.91 Å². The lowest BCUT2D eigenvalue weighted by Crippen LogP contribution is -2.47. The second-order valence-corrected chi connectivity index (χ2v) is 6.41. The van der Waals surface area contributed by atoms with Crippen LogP contribution in [0.4, 0.5) is 0 Å². The second-order valence-electron chi connectivity index (χ2n) is 6.41. The van der Waals surface area contributed by atoms with Gasteiger partial charge in [-0.05, 0) is 12.1 Å². The van der Waals surface area contributed by atoms with Crippen molar-refractivity contribution in [1.82, 2.24) is 19.8 Å². The largest absolute Gasteiger partial charge is 0.488 e. The Morgan fingerprint density at radius 2 is 2.07 bits per heavy atom. The van der Waals surface area contributed by atoms with Crippen molar-refractivity contribution in [1.29, 1.82) is 0 Å². The fourth-order valence-corrected chi connectivity index (χ4v) is 3.14. The van der Waals surface area contributed by atoms with Crippen LogP contribution < -0.4 is 10.1 Å². The molecule has 1 aliphatic rings. The molecule has 2 amide bonds. The minimum Gasteiger partial charge on any atom is -0.488 e. The number of rotatable bonds is 7. The van der Waals surface area contributed by atoms with E-state index < -0.39 is 6.04 Å². The molecule has 27 heavy (non-hydrogen) atoms. The minimum atomic E-state index is -0.611. The zero-order valence-electron chi connectivity index (χ0n) is 15.5. The van der Waals surface area contributed by atoms with Crippen molar-refractivity contribution in [2.45, 2.75) is 18.6 Å². The molecule has 8 nitrogen and oxygen atoms in total. The summed E-state index contributed by atoms with van der Waals surface area (Å²) in [5.41, 5.74) is 0. The van der Waals surface area contributed by atoms with Gasteiger partial charge < -0.3 is 24.3 Å². The maximum atomic E-state index is 13.0. The molecule has 2 heterocycles. The van der Waals surface area contributed by atoms with Crippen LogP contribution in [0.5, 0.6) is 5.75 Å². The average molecular weight is 372 g/mol. The van der Waals surface area contributed by atoms with Crippen LogP contribution in [0.3, 0.4) is 0 Å². The van der Waals surface area contributed by atoms with Gasteiger partial charge in [-0.1, -0.05) is 18.2 Å². The van der Waals surface area contributed by atoms with Crippen molar-refractivity contribution in [2.24, 2.45) is 7.05 Å². The molecular formula is C19H24N4O4. The second kappa shape index (κ2) is 8.68. The Kier molecular flexibility index (Phi) is 6.08. The number of para-hydroxylation sites is 1. The van der Waals surface area contributed by atoms with Crippen LogP contribution >= 0.6 is 0 Å². The van der Waals surface area contributed by atoms with Crippen LogP contribution in [0.25, 0.3) is 0 Å². The number of aryl methyl sites for hydroxylation is 1. The predicted molar refractivity (Wildman–Crippen MR) is 98.4 cm³/mol. The summed E-state index contributed by atoms with van der Waals surface area (Å²) < 4.78 is 12.6. The van der Waals surface area contributed by atoms with E-state index in [2.05, 4.69) is 10.3 Å². The van der Waals surface area contributed by atoms with Crippen LogP contribution in [-0.4, -0.2) is 65.2 Å². The van der Waals surface area contributed by atoms with Gasteiger partial charge in [-0.3, -0.25) is 9.59 Å². The number of nitrogens with zero attached hydrogens (tertiary/aromatic N) is 3. The quantitative estimate of drug-likeness (QED) is 0.728. The van der Waals surface area contributed by atoms with E-state index in [4.69, 9.17) is 9.47 Å². The van der Waals surface area contributed by atoms with Gasteiger partial charge in [0.15, 0.2) is 5.82 Å². The number of carbonyl (C=O) groups is 2. The van der Waals surface area contributed by atoms with Crippen LogP contribution in [-0.2, 0) is 16.6 Å². The summed E-state index contributed by atoms with van der Waals surface area (Å²) in [6.07, 6.45) is 3.42. The van der Waals surface area contributed by atoms with E-state index >= 15 is 0 Å². The zero-order chi connectivity index (χ0) is 19.2. The minimum absolute atomic E-state index is 0.214. The Morgan fingerprint density at radius 3 is 2.74 bits per heavy atom. The molecule has 3 rings (SSSR count). The average Bonchev–Trinajstić information content (AvgIpc) is 3.28. The summed E-state index contributed by atoms with van der Waals surface area (Å²) >= 11 is 0. The first-order chi connectivity index (χ1) is 13.1. The van der Waals surface area contributed by atoms with Crippen molar-refractivity contribution in [3.05, 3.63) is 48.5 Å². The number of benzene rings is 1. The van der Waals surface area contributed by atoms with E-state index in [9.17, 15) is 9.59 Å². The molecule has 2 aromatic rings. The Labute approximate surface area is 158 Å². The van der Waals surface area contributed by atoms with Gasteiger partial charge in [0.2, 0.25) is 5.91 Å². The molecule has 0 unspecified atom stereocenters. The Balaban J connectivity index is 1.75. The monoisotopic (exact) mass is 372 g/mol. The summed E-state index contributed by atoms with van der Waals surface area (Å²) in [5.74, 6) is 0.514. The number of aromatic nitrogens is 2. The fraction of sp³-hybridized carbons (Fsp3) is 0.421. The number of carbonyl (C=O) groups excluding carboxylic acids is 2. The molecule has 8 heteroatoms. The fourth-order valence-electron chi connectivity index (χ4n) is 3.14. The molecule has 1 saturated heterocycles. The van der Waals surface area contributed by atoms with Gasteiger partial charge in [0.1, 0.15) is 17.9 Å². The maximum absolute atomic E-state index is 13.0. The van der Waals surface area contributed by atoms with E-state index in [0.29, 0.717) is 37.7 Å². The number of likely N-dealkylation sites (tertiary alicyclic amines) is 1. The van der Waals surface area contributed by atoms with E-state index in [1.807, 2.05) is 30.3 Å². The third-order valence-electron chi connectivity index (χ3n) is 4.49. The first kappa shape index (κ1) is 18.9. The molecule has 0 radical (unpaired) electrons. The van der Waals surface area contributed by atoms with Crippen molar-refractivity contribution >= 4 is 11.8 Å². The third kappa shape index (κ3) is 4.46. The van der Waals surface area contributed by atoms with Gasteiger partial charge in [0, 0.05) is 39.5 Å². The number of nitrogens with one attached hydrogen (secondary N) is 1. The van der Waals surface area contributed by atoms with Crippen LogP contribution in [0, 0.1) is 0 Å². The van der Waals surface area contributed by atoms with Crippen LogP contribution in [0.2, 0.25) is 0 Å². The molecule has 2 atom stereocenters. The lowest BCUT2D eigenvalue weighted by molar-refractivity contribution is -0.125. The lowest BCUT2D eigenvalue weighted by Gasteiger charge is -2.23. The summed E-state index contributed by atoms with van der Waals surface area (Å²) in [7, 11) is 3.32. The van der Waals surface area contributed by atoms with Crippen molar-refractivity contribution in [3.63, 3.8) is 0 Å². The number of imidazole rings is 1. The smallest absolute Gasteiger partial charge is 0.290 e. The van der Waals surface area contributed by atoms with Crippen molar-refractivity contribution in [2.75, 3.05) is 26.8 Å². The third-order valence-corrected chi connectivity index (χ3v) is 4.49. The summed E-state index contributed by atoms with van der Waals surface area (Å²) in [5, 5.41) is 2.81. The van der Waals surface area contributed by atoms with Crippen LogP contribution in [0.1, 0.15) is 17.0 Å². The first-order valence-corrected chi connectivity index (χ1v) is 8.86. The van der Waals surface area contributed by atoms with Gasteiger partial charge in [0.05, 0.1) is 13.2 Å². The highest BCUT2D eigenvalue weighted by molar-refractivity contribution is 5.95. The SMILES string of the molecule is COCCNC(=O)[C@@H]1C[C@H](Oc2ccccc2)CN1C(=O)c1nccn1C. The van der Waals surface area contributed by atoms with Crippen molar-refractivity contribution < 1.29 is 19.1 Å². The molecule has 1 fully saturated rings. The van der Waals surface area contributed by atoms with E-state index in [1.165, 1.54) is 4.90 Å². The molecule has 144 valence electrons. The molecule has 0 aliphatic carbocycles. The highest BCUT2D eigenvalue weighted by Crippen LogP contribution is 2.24. The van der Waals surface area contributed by atoms with Crippen LogP contribution in [0.15, 0.2) is 42.7 Å². The van der Waals surface area contributed by atoms with E-state index in [1.54, 1.807) is 31.1 Å². The lowest BCUT2D eigenvalue weighted by atomic mass is 10.2. The first-order valence-electron chi connectivity index (χ1n) is 8.86. The molecule has 1 N–H and O–H groups in total. The Morgan fingerprint density at radius 1 is 1.30 bits per heavy atom. The number of hydrogen-bond acceptors (Lipinski definition) is 5. The Hall–Kier alpha value is -2.87. The molecule has 1 aromatic carbocycles. The molecular weight excluding hydrogens is 348 g/mol. The van der Waals surface area contributed by atoms with Gasteiger partial charge in [-0.2, -0.15) is 0 Å². The summed E-state index contributed by atoms with van der Waals surface area (Å²) in [4.78, 5) is 31.3. The van der Waals surface area contributed by atoms with E-state index in [0.717, 1.165) is 0 Å². The highest BCUT2D eigenvalue weighted by Gasteiger charge is 2.41. The normalized spacial score (nSPS) is 19.1. The molecule has 1 aliphatic heterocycles. The summed E-state index contributed by atoms with van der Waals surface area (Å²) in [6.45, 7) is 1.12. The molecule has 0 spiro atoms. The van der Waals surface area contributed by atoms with Gasteiger partial charge in [-0.15, -0.1) is 0 Å². The number of methoxy groups -OCH3 is 1. The topological polar surface area (TPSA) is 85.7 Å². The van der Waals surface area contributed by atoms with E-state index in [-0.39, 0.29) is 17.9 Å². The zero-order valence-corrected chi connectivity index (χ0v) is 15.5. The Bertz CT molecular complexity index is 777. The number of hydrogen-bond donors (Lipinski definition) is 1.